The number of unbranched alkanes of at least 4 members (excludes halogenated alkanes) is 7. The Kier molecular flexibility index (Phi) is 22.8. The van der Waals surface area contributed by atoms with Crippen LogP contribution in [0.5, 0.6) is 0 Å². The molecule has 16 heavy (non-hydrogen) atoms. The Bertz CT molecular complexity index is 115. The van der Waals surface area contributed by atoms with E-state index in [1.54, 1.807) is 0 Å². The molecule has 0 rings (SSSR count). The quantitative estimate of drug-likeness (QED) is 0.430. The van der Waals surface area contributed by atoms with E-state index < -0.39 is 0 Å². The van der Waals surface area contributed by atoms with Crippen LogP contribution in [0.2, 0.25) is 0 Å². The first-order chi connectivity index (χ1) is 7.83. The van der Waals surface area contributed by atoms with Gasteiger partial charge in [-0.05, 0) is 26.2 Å². The molecule has 1 N–H and O–H groups in total. The molecule has 0 heterocycles. The summed E-state index contributed by atoms with van der Waals surface area (Å²) < 4.78 is 0. The van der Waals surface area contributed by atoms with E-state index >= 15 is 0 Å². The van der Waals surface area contributed by atoms with Crippen molar-refractivity contribution < 1.29 is 5.11 Å². The van der Waals surface area contributed by atoms with E-state index in [1.165, 1.54) is 44.9 Å². The third kappa shape index (κ3) is 23.5. The van der Waals surface area contributed by atoms with E-state index in [-0.39, 0.29) is 0 Å². The fourth-order valence-electron chi connectivity index (χ4n) is 1.39. The molecule has 1 nitrogen and oxygen atoms in total. The molecule has 0 unspecified atom stereocenters. The van der Waals surface area contributed by atoms with Gasteiger partial charge in [-0.2, -0.15) is 0 Å². The van der Waals surface area contributed by atoms with Gasteiger partial charge in [-0.25, -0.2) is 0 Å². The van der Waals surface area contributed by atoms with Crippen molar-refractivity contribution in [3.05, 3.63) is 12.2 Å². The topological polar surface area (TPSA) is 20.2 Å². The van der Waals surface area contributed by atoms with Crippen molar-refractivity contribution in [2.45, 2.75) is 78.6 Å². The van der Waals surface area contributed by atoms with Crippen molar-refractivity contribution in [1.82, 2.24) is 0 Å². The molecule has 0 aromatic rings. The van der Waals surface area contributed by atoms with Crippen LogP contribution in [0, 0.1) is 0 Å². The number of allylic oxidation sites excluding steroid dienone is 2. The van der Waals surface area contributed by atoms with E-state index in [9.17, 15) is 0 Å². The highest BCUT2D eigenvalue weighted by Crippen LogP contribution is 2.04. The third-order valence-electron chi connectivity index (χ3n) is 2.47. The minimum Gasteiger partial charge on any atom is -0.396 e. The van der Waals surface area contributed by atoms with E-state index in [1.807, 2.05) is 0 Å². The molecule has 0 aliphatic heterocycles. The normalized spacial score (nSPS) is 10.2. The molecular weight excluding hydrogens is 196 g/mol. The maximum atomic E-state index is 8.20. The van der Waals surface area contributed by atoms with Crippen LogP contribution >= 0.6 is 0 Å². The highest BCUT2D eigenvalue weighted by atomic mass is 16.2. The molecule has 0 radical (unpaired) electrons. The van der Waals surface area contributed by atoms with Gasteiger partial charge < -0.3 is 5.11 Å². The molecular formula is C15H32O. The van der Waals surface area contributed by atoms with Gasteiger partial charge in [-0.3, -0.25) is 0 Å². The Morgan fingerprint density at radius 1 is 0.812 bits per heavy atom. The van der Waals surface area contributed by atoms with Crippen LogP contribution in [0.15, 0.2) is 12.2 Å². The first-order valence-corrected chi connectivity index (χ1v) is 7.05. The van der Waals surface area contributed by atoms with Crippen molar-refractivity contribution in [2.24, 2.45) is 0 Å². The highest BCUT2D eigenvalue weighted by Gasteiger charge is 1.85. The molecule has 1 heteroatoms. The Morgan fingerprint density at radius 3 is 1.81 bits per heavy atom. The zero-order valence-corrected chi connectivity index (χ0v) is 11.7. The zero-order chi connectivity index (χ0) is 12.5. The molecule has 0 saturated carbocycles. The van der Waals surface area contributed by atoms with Gasteiger partial charge in [-0.1, -0.05) is 64.5 Å². The lowest BCUT2D eigenvalue weighted by Gasteiger charge is -1.95. The minimum absolute atomic E-state index is 0.355. The fraction of sp³-hybridized carbons (Fsp3) is 0.867. The summed E-state index contributed by atoms with van der Waals surface area (Å²) in [5.41, 5.74) is 0. The lowest BCUT2D eigenvalue weighted by atomic mass is 10.1. The van der Waals surface area contributed by atoms with Crippen LogP contribution in [0.3, 0.4) is 0 Å². The van der Waals surface area contributed by atoms with Gasteiger partial charge in [-0.15, -0.1) is 0 Å². The molecule has 0 fully saturated rings. The number of rotatable bonds is 9. The lowest BCUT2D eigenvalue weighted by molar-refractivity contribution is 0.284. The van der Waals surface area contributed by atoms with E-state index in [2.05, 4.69) is 32.9 Å². The van der Waals surface area contributed by atoms with Gasteiger partial charge in [0.1, 0.15) is 0 Å². The molecule has 0 aromatic heterocycles. The van der Waals surface area contributed by atoms with Gasteiger partial charge in [0, 0.05) is 6.61 Å². The summed E-state index contributed by atoms with van der Waals surface area (Å²) in [5.74, 6) is 0. The maximum Gasteiger partial charge on any atom is 0.0431 e. The van der Waals surface area contributed by atoms with E-state index in [4.69, 9.17) is 5.11 Å². The summed E-state index contributed by atoms with van der Waals surface area (Å²) in [4.78, 5) is 0. The van der Waals surface area contributed by atoms with Crippen molar-refractivity contribution in [3.8, 4) is 0 Å². The van der Waals surface area contributed by atoms with Crippen LogP contribution in [0.1, 0.15) is 78.6 Å². The van der Waals surface area contributed by atoms with Crippen molar-refractivity contribution >= 4 is 0 Å². The van der Waals surface area contributed by atoms with Crippen molar-refractivity contribution in [1.29, 1.82) is 0 Å². The number of hydrogen-bond donors (Lipinski definition) is 1. The Hall–Kier alpha value is -0.300. The summed E-state index contributed by atoms with van der Waals surface area (Å²) in [6, 6.07) is 0. The molecule has 0 spiro atoms. The first-order valence-electron chi connectivity index (χ1n) is 7.05. The predicted molar refractivity (Wildman–Crippen MR) is 74.8 cm³/mol. The number of hydrogen-bond acceptors (Lipinski definition) is 1. The van der Waals surface area contributed by atoms with E-state index in [0.29, 0.717) is 6.61 Å². The summed E-state index contributed by atoms with van der Waals surface area (Å²) in [7, 11) is 0. The summed E-state index contributed by atoms with van der Waals surface area (Å²) >= 11 is 0. The molecule has 0 amide bonds. The second-order valence-electron chi connectivity index (χ2n) is 4.20. The molecule has 0 saturated heterocycles. The van der Waals surface area contributed by atoms with Crippen LogP contribution in [0.4, 0.5) is 0 Å². The summed E-state index contributed by atoms with van der Waals surface area (Å²) in [6.45, 7) is 6.82. The third-order valence-corrected chi connectivity index (χ3v) is 2.47. The second kappa shape index (κ2) is 20.2. The molecule has 98 valence electrons. The van der Waals surface area contributed by atoms with Crippen LogP contribution in [-0.4, -0.2) is 11.7 Å². The van der Waals surface area contributed by atoms with Gasteiger partial charge >= 0.3 is 0 Å². The zero-order valence-electron chi connectivity index (χ0n) is 11.7. The Morgan fingerprint density at radius 2 is 1.38 bits per heavy atom. The smallest absolute Gasteiger partial charge is 0.0431 e. The first kappa shape index (κ1) is 18.1. The number of aliphatic hydroxyl groups is 1. The van der Waals surface area contributed by atoms with Crippen LogP contribution in [-0.2, 0) is 0 Å². The minimum atomic E-state index is 0.355. The van der Waals surface area contributed by atoms with E-state index in [0.717, 1.165) is 12.8 Å². The SMILES string of the molecule is CC=CCCCCCCC.CCCCCO. The second-order valence-corrected chi connectivity index (χ2v) is 4.20. The summed E-state index contributed by atoms with van der Waals surface area (Å²) in [5, 5.41) is 8.20. The highest BCUT2D eigenvalue weighted by molar-refractivity contribution is 4.76. The van der Waals surface area contributed by atoms with Crippen LogP contribution < -0.4 is 0 Å². The van der Waals surface area contributed by atoms with Crippen LogP contribution in [0.25, 0.3) is 0 Å². The Labute approximate surface area is 103 Å². The predicted octanol–water partition coefficient (Wildman–Crippen LogP) is 5.09. The number of aliphatic hydroxyl groups excluding tert-OH is 1. The molecule has 0 bridgehead atoms. The summed E-state index contributed by atoms with van der Waals surface area (Å²) in [6.07, 6.45) is 16.0. The maximum absolute atomic E-state index is 8.20. The fourth-order valence-corrected chi connectivity index (χ4v) is 1.39. The molecule has 0 aliphatic rings. The molecule has 0 aromatic carbocycles. The standard InChI is InChI=1S/C10H20.C5H12O/c1-3-5-7-9-10-8-6-4-2;1-2-3-4-5-6/h3,5H,4,6-10H2,1-2H3;6H,2-5H2,1H3. The van der Waals surface area contributed by atoms with Gasteiger partial charge in [0.2, 0.25) is 0 Å². The monoisotopic (exact) mass is 228 g/mol. The molecule has 0 aliphatic carbocycles. The average Bonchev–Trinajstić information content (AvgIpc) is 2.32. The van der Waals surface area contributed by atoms with Gasteiger partial charge in [0.05, 0.1) is 0 Å². The lowest BCUT2D eigenvalue weighted by Crippen LogP contribution is -1.78. The van der Waals surface area contributed by atoms with Crippen molar-refractivity contribution in [3.63, 3.8) is 0 Å². The van der Waals surface area contributed by atoms with Crippen molar-refractivity contribution in [2.75, 3.05) is 6.61 Å². The average molecular weight is 228 g/mol. The van der Waals surface area contributed by atoms with Gasteiger partial charge in [0.15, 0.2) is 0 Å². The Balaban J connectivity index is 0. The largest absolute Gasteiger partial charge is 0.396 e. The van der Waals surface area contributed by atoms with Gasteiger partial charge in [0.25, 0.3) is 0 Å². The molecule has 0 atom stereocenters.